The Bertz CT molecular complexity index is 721. The topological polar surface area (TPSA) is 45.7 Å². The number of benzene rings is 1. The van der Waals surface area contributed by atoms with Crippen LogP contribution in [0.4, 0.5) is 5.13 Å². The first-order valence-corrected chi connectivity index (χ1v) is 10.5. The molecule has 2 saturated heterocycles. The van der Waals surface area contributed by atoms with Gasteiger partial charge in [0.1, 0.15) is 0 Å². The first-order valence-electron chi connectivity index (χ1n) is 9.71. The van der Waals surface area contributed by atoms with Gasteiger partial charge in [-0.3, -0.25) is 4.79 Å². The number of hydrogen-bond acceptors (Lipinski definition) is 5. The van der Waals surface area contributed by atoms with E-state index in [0.29, 0.717) is 11.8 Å². The first kappa shape index (κ1) is 17.7. The zero-order valence-corrected chi connectivity index (χ0v) is 16.2. The van der Waals surface area contributed by atoms with Crippen LogP contribution in [0, 0.1) is 11.8 Å². The van der Waals surface area contributed by atoms with Crippen LogP contribution in [0.1, 0.15) is 26.2 Å². The van der Waals surface area contributed by atoms with E-state index in [1.165, 1.54) is 4.70 Å². The third-order valence-electron chi connectivity index (χ3n) is 5.55. The maximum Gasteiger partial charge on any atom is 0.225 e. The van der Waals surface area contributed by atoms with Gasteiger partial charge in [-0.25, -0.2) is 4.98 Å². The van der Waals surface area contributed by atoms with Crippen LogP contribution in [-0.2, 0) is 9.53 Å². The summed E-state index contributed by atoms with van der Waals surface area (Å²) in [6, 6.07) is 8.28. The lowest BCUT2D eigenvalue weighted by atomic mass is 9.95. The second-order valence-electron chi connectivity index (χ2n) is 7.32. The van der Waals surface area contributed by atoms with E-state index in [0.717, 1.165) is 69.3 Å². The number of nitrogens with zero attached hydrogens (tertiary/aromatic N) is 3. The minimum absolute atomic E-state index is 0.173. The van der Waals surface area contributed by atoms with Crippen LogP contribution in [0.15, 0.2) is 24.3 Å². The number of ether oxygens (including phenoxy) is 1. The Morgan fingerprint density at radius 2 is 2.04 bits per heavy atom. The number of amides is 1. The quantitative estimate of drug-likeness (QED) is 0.806. The summed E-state index contributed by atoms with van der Waals surface area (Å²) in [5, 5.41) is 1.09. The monoisotopic (exact) mass is 373 g/mol. The number of thiazole rings is 1. The number of hydrogen-bond donors (Lipinski definition) is 0. The van der Waals surface area contributed by atoms with Crippen molar-refractivity contribution in [1.82, 2.24) is 9.88 Å². The maximum absolute atomic E-state index is 12.9. The molecule has 0 bridgehead atoms. The Morgan fingerprint density at radius 3 is 2.81 bits per heavy atom. The Labute approximate surface area is 159 Å². The molecular formula is C20H27N3O2S. The molecule has 2 aliphatic heterocycles. The fourth-order valence-electron chi connectivity index (χ4n) is 4.02. The fourth-order valence-corrected chi connectivity index (χ4v) is 5.04. The van der Waals surface area contributed by atoms with E-state index in [4.69, 9.17) is 9.72 Å². The van der Waals surface area contributed by atoms with Crippen molar-refractivity contribution in [2.45, 2.75) is 26.2 Å². The third-order valence-corrected chi connectivity index (χ3v) is 6.65. The average Bonchev–Trinajstić information content (AvgIpc) is 3.33. The summed E-state index contributed by atoms with van der Waals surface area (Å²) < 4.78 is 6.76. The van der Waals surface area contributed by atoms with Crippen LogP contribution in [0.2, 0.25) is 0 Å². The van der Waals surface area contributed by atoms with Gasteiger partial charge in [0.25, 0.3) is 0 Å². The summed E-state index contributed by atoms with van der Waals surface area (Å²) >= 11 is 1.75. The van der Waals surface area contributed by atoms with E-state index >= 15 is 0 Å². The lowest BCUT2D eigenvalue weighted by Gasteiger charge is -2.33. The molecule has 2 aromatic rings. The lowest BCUT2D eigenvalue weighted by Crippen LogP contribution is -2.42. The van der Waals surface area contributed by atoms with Crippen molar-refractivity contribution in [3.63, 3.8) is 0 Å². The van der Waals surface area contributed by atoms with Crippen molar-refractivity contribution in [2.75, 3.05) is 44.3 Å². The molecule has 3 heterocycles. The second kappa shape index (κ2) is 7.92. The predicted octanol–water partition coefficient (Wildman–Crippen LogP) is 3.40. The molecule has 0 spiro atoms. The molecule has 1 aromatic carbocycles. The largest absolute Gasteiger partial charge is 0.381 e. The molecule has 2 fully saturated rings. The first-order chi connectivity index (χ1) is 12.7. The number of rotatable bonds is 5. The second-order valence-corrected chi connectivity index (χ2v) is 8.33. The van der Waals surface area contributed by atoms with E-state index in [2.05, 4.69) is 28.0 Å². The lowest BCUT2D eigenvalue weighted by molar-refractivity contribution is -0.135. The molecule has 4 rings (SSSR count). The molecule has 0 saturated carbocycles. The molecule has 1 atom stereocenters. The van der Waals surface area contributed by atoms with Crippen molar-refractivity contribution in [3.05, 3.63) is 24.3 Å². The number of para-hydroxylation sites is 1. The van der Waals surface area contributed by atoms with Gasteiger partial charge in [0.15, 0.2) is 5.13 Å². The van der Waals surface area contributed by atoms with Crippen molar-refractivity contribution in [3.8, 4) is 0 Å². The smallest absolute Gasteiger partial charge is 0.225 e. The molecule has 140 valence electrons. The van der Waals surface area contributed by atoms with Crippen LogP contribution in [0.3, 0.4) is 0 Å². The van der Waals surface area contributed by atoms with Gasteiger partial charge in [0, 0.05) is 44.6 Å². The molecule has 0 N–H and O–H groups in total. The van der Waals surface area contributed by atoms with E-state index in [1.54, 1.807) is 11.3 Å². The predicted molar refractivity (Wildman–Crippen MR) is 106 cm³/mol. The minimum Gasteiger partial charge on any atom is -0.381 e. The number of carbonyl (C=O) groups is 1. The molecular weight excluding hydrogens is 346 g/mol. The minimum atomic E-state index is 0.173. The van der Waals surface area contributed by atoms with Crippen molar-refractivity contribution in [2.24, 2.45) is 11.8 Å². The summed E-state index contributed by atoms with van der Waals surface area (Å²) in [7, 11) is 0. The molecule has 5 nitrogen and oxygen atoms in total. The Hall–Kier alpha value is -1.66. The molecule has 6 heteroatoms. The Morgan fingerprint density at radius 1 is 1.23 bits per heavy atom. The summed E-state index contributed by atoms with van der Waals surface area (Å²) in [6.07, 6.45) is 2.94. The third kappa shape index (κ3) is 3.71. The summed E-state index contributed by atoms with van der Waals surface area (Å²) in [5.41, 5.74) is 1.07. The SMILES string of the molecule is CCOCC1CCN(C(=O)C2CCN(c3nc4ccccc4s3)CC2)C1. The highest BCUT2D eigenvalue weighted by Gasteiger charge is 2.33. The van der Waals surface area contributed by atoms with Gasteiger partial charge in [0.05, 0.1) is 16.8 Å². The van der Waals surface area contributed by atoms with Gasteiger partial charge in [-0.05, 0) is 38.3 Å². The number of carbonyl (C=O) groups excluding carboxylic acids is 1. The van der Waals surface area contributed by atoms with E-state index in [1.807, 2.05) is 13.0 Å². The number of fused-ring (bicyclic) bond motifs is 1. The van der Waals surface area contributed by atoms with E-state index in [9.17, 15) is 4.79 Å². The molecule has 0 radical (unpaired) electrons. The van der Waals surface area contributed by atoms with Crippen molar-refractivity contribution < 1.29 is 9.53 Å². The average molecular weight is 374 g/mol. The van der Waals surface area contributed by atoms with E-state index in [-0.39, 0.29) is 5.92 Å². The zero-order chi connectivity index (χ0) is 17.9. The van der Waals surface area contributed by atoms with E-state index < -0.39 is 0 Å². The maximum atomic E-state index is 12.9. The number of likely N-dealkylation sites (tertiary alicyclic amines) is 1. The fraction of sp³-hybridized carbons (Fsp3) is 0.600. The number of piperidine rings is 1. The Balaban J connectivity index is 1.31. The highest BCUT2D eigenvalue weighted by atomic mass is 32.1. The van der Waals surface area contributed by atoms with Crippen LogP contribution in [0.5, 0.6) is 0 Å². The van der Waals surface area contributed by atoms with Gasteiger partial charge in [-0.2, -0.15) is 0 Å². The van der Waals surface area contributed by atoms with Crippen LogP contribution < -0.4 is 4.90 Å². The van der Waals surface area contributed by atoms with Gasteiger partial charge in [-0.1, -0.05) is 23.5 Å². The number of aromatic nitrogens is 1. The van der Waals surface area contributed by atoms with Crippen LogP contribution >= 0.6 is 11.3 Å². The number of anilines is 1. The van der Waals surface area contributed by atoms with Crippen molar-refractivity contribution >= 4 is 32.6 Å². The van der Waals surface area contributed by atoms with Gasteiger partial charge in [0.2, 0.25) is 5.91 Å². The molecule has 0 aliphatic carbocycles. The summed E-state index contributed by atoms with van der Waals surface area (Å²) in [4.78, 5) is 22.0. The van der Waals surface area contributed by atoms with Gasteiger partial charge < -0.3 is 14.5 Å². The molecule has 1 aromatic heterocycles. The molecule has 1 unspecified atom stereocenters. The van der Waals surface area contributed by atoms with Gasteiger partial charge >= 0.3 is 0 Å². The van der Waals surface area contributed by atoms with Gasteiger partial charge in [-0.15, -0.1) is 0 Å². The summed E-state index contributed by atoms with van der Waals surface area (Å²) in [6.45, 7) is 7.19. The highest BCUT2D eigenvalue weighted by molar-refractivity contribution is 7.22. The Kier molecular flexibility index (Phi) is 5.41. The molecule has 2 aliphatic rings. The molecule has 1 amide bonds. The van der Waals surface area contributed by atoms with Crippen molar-refractivity contribution in [1.29, 1.82) is 0 Å². The molecule has 26 heavy (non-hydrogen) atoms. The highest BCUT2D eigenvalue weighted by Crippen LogP contribution is 2.32. The summed E-state index contributed by atoms with van der Waals surface area (Å²) in [5.74, 6) is 1.04. The normalized spacial score (nSPS) is 21.7. The standard InChI is InChI=1S/C20H27N3O2S/c1-2-25-14-15-7-10-23(13-15)19(24)16-8-11-22(12-9-16)20-21-17-5-3-4-6-18(17)26-20/h3-6,15-16H,2,7-14H2,1H3. The van der Waals surface area contributed by atoms with Crippen LogP contribution in [-0.4, -0.2) is 55.2 Å². The van der Waals surface area contributed by atoms with Crippen LogP contribution in [0.25, 0.3) is 10.2 Å². The zero-order valence-electron chi connectivity index (χ0n) is 15.4.